The molecule has 8 heteroatoms. The van der Waals surface area contributed by atoms with Gasteiger partial charge in [0.1, 0.15) is 11.5 Å². The summed E-state index contributed by atoms with van der Waals surface area (Å²) in [5.41, 5.74) is 1.40. The minimum Gasteiger partial charge on any atom is -0.497 e. The average Bonchev–Trinajstić information content (AvgIpc) is 2.73. The highest BCUT2D eigenvalue weighted by Crippen LogP contribution is 2.33. The summed E-state index contributed by atoms with van der Waals surface area (Å²) in [6.07, 6.45) is 0. The first kappa shape index (κ1) is 20.2. The summed E-state index contributed by atoms with van der Waals surface area (Å²) < 4.78 is 38.0. The van der Waals surface area contributed by atoms with E-state index in [1.165, 1.54) is 23.4 Å². The average molecular weight is 404 g/mol. The molecule has 0 spiro atoms. The van der Waals surface area contributed by atoms with Gasteiger partial charge >= 0.3 is 0 Å². The maximum atomic E-state index is 12.9. The third kappa shape index (κ3) is 3.98. The number of hydrogen-bond acceptors (Lipinski definition) is 6. The Morgan fingerprint density at radius 2 is 1.57 bits per heavy atom. The number of benzene rings is 2. The van der Waals surface area contributed by atoms with Gasteiger partial charge in [-0.1, -0.05) is 12.1 Å². The minimum absolute atomic E-state index is 0.0917. The van der Waals surface area contributed by atoms with Gasteiger partial charge in [-0.15, -0.1) is 0 Å². The Balaban J connectivity index is 1.73. The van der Waals surface area contributed by atoms with Crippen molar-refractivity contribution in [1.29, 1.82) is 0 Å². The molecule has 0 saturated carbocycles. The van der Waals surface area contributed by atoms with E-state index in [4.69, 9.17) is 9.47 Å². The smallest absolute Gasteiger partial charge is 0.243 e. The number of carbonyl (C=O) groups excluding carboxylic acids is 1. The number of piperazine rings is 1. The molecule has 1 aliphatic rings. The third-order valence-electron chi connectivity index (χ3n) is 4.86. The van der Waals surface area contributed by atoms with Gasteiger partial charge in [-0.2, -0.15) is 4.31 Å². The quantitative estimate of drug-likeness (QED) is 0.689. The molecule has 1 aliphatic heterocycles. The van der Waals surface area contributed by atoms with Crippen molar-refractivity contribution in [3.8, 4) is 11.5 Å². The molecular formula is C20H24N2O5S. The number of carbonyl (C=O) groups is 1. The highest BCUT2D eigenvalue weighted by atomic mass is 32.2. The third-order valence-corrected chi connectivity index (χ3v) is 6.78. The van der Waals surface area contributed by atoms with Crippen LogP contribution in [0.4, 0.5) is 5.69 Å². The molecule has 0 atom stereocenters. The lowest BCUT2D eigenvalue weighted by Crippen LogP contribution is -2.48. The molecule has 7 nitrogen and oxygen atoms in total. The first-order chi connectivity index (χ1) is 13.4. The van der Waals surface area contributed by atoms with Crippen molar-refractivity contribution in [3.05, 3.63) is 48.0 Å². The van der Waals surface area contributed by atoms with Crippen molar-refractivity contribution in [3.63, 3.8) is 0 Å². The topological polar surface area (TPSA) is 76.2 Å². The Morgan fingerprint density at radius 1 is 0.929 bits per heavy atom. The molecule has 2 aromatic carbocycles. The highest BCUT2D eigenvalue weighted by molar-refractivity contribution is 7.89. The van der Waals surface area contributed by atoms with Crippen LogP contribution in [-0.2, 0) is 10.0 Å². The zero-order valence-corrected chi connectivity index (χ0v) is 17.0. The fraction of sp³-hybridized carbons (Fsp3) is 0.350. The Kier molecular flexibility index (Phi) is 5.90. The second kappa shape index (κ2) is 8.20. The van der Waals surface area contributed by atoms with Crippen LogP contribution in [0.5, 0.6) is 11.5 Å². The fourth-order valence-corrected chi connectivity index (χ4v) is 4.65. The van der Waals surface area contributed by atoms with Crippen LogP contribution in [0.3, 0.4) is 0 Å². The number of nitrogens with zero attached hydrogens (tertiary/aromatic N) is 2. The Labute approximate surface area is 165 Å². The van der Waals surface area contributed by atoms with Gasteiger partial charge in [0.15, 0.2) is 5.78 Å². The predicted molar refractivity (Wildman–Crippen MR) is 107 cm³/mol. The maximum Gasteiger partial charge on any atom is 0.243 e. The summed E-state index contributed by atoms with van der Waals surface area (Å²) in [5.74, 6) is 1.30. The van der Waals surface area contributed by atoms with Gasteiger partial charge in [-0.25, -0.2) is 8.42 Å². The summed E-state index contributed by atoms with van der Waals surface area (Å²) in [6.45, 7) is 3.29. The molecule has 0 amide bonds. The first-order valence-corrected chi connectivity index (χ1v) is 10.4. The van der Waals surface area contributed by atoms with E-state index < -0.39 is 10.0 Å². The molecule has 0 N–H and O–H groups in total. The van der Waals surface area contributed by atoms with E-state index in [1.807, 2.05) is 18.2 Å². The number of ketones is 1. The van der Waals surface area contributed by atoms with Gasteiger partial charge in [0.25, 0.3) is 0 Å². The molecule has 0 aromatic heterocycles. The van der Waals surface area contributed by atoms with E-state index in [0.717, 1.165) is 5.69 Å². The number of sulfonamides is 1. The van der Waals surface area contributed by atoms with Gasteiger partial charge in [-0.3, -0.25) is 4.79 Å². The van der Waals surface area contributed by atoms with Crippen LogP contribution in [0.2, 0.25) is 0 Å². The van der Waals surface area contributed by atoms with E-state index in [1.54, 1.807) is 26.4 Å². The summed E-state index contributed by atoms with van der Waals surface area (Å²) in [7, 11) is -0.393. The largest absolute Gasteiger partial charge is 0.497 e. The maximum absolute atomic E-state index is 12.9. The SMILES string of the molecule is COc1ccc(N2CCN(S(=O)(=O)c3ccc(C(C)=O)cc3)CC2)c(OC)c1. The summed E-state index contributed by atoms with van der Waals surface area (Å²) >= 11 is 0. The number of anilines is 1. The highest BCUT2D eigenvalue weighted by Gasteiger charge is 2.29. The van der Waals surface area contributed by atoms with E-state index >= 15 is 0 Å². The number of methoxy groups -OCH3 is 2. The Morgan fingerprint density at radius 3 is 2.11 bits per heavy atom. The van der Waals surface area contributed by atoms with Crippen LogP contribution in [0, 0.1) is 0 Å². The van der Waals surface area contributed by atoms with E-state index in [2.05, 4.69) is 4.90 Å². The molecule has 1 saturated heterocycles. The lowest BCUT2D eigenvalue weighted by molar-refractivity contribution is 0.101. The van der Waals surface area contributed by atoms with Crippen LogP contribution in [0.25, 0.3) is 0 Å². The monoisotopic (exact) mass is 404 g/mol. The molecule has 2 aromatic rings. The van der Waals surface area contributed by atoms with Crippen molar-refractivity contribution in [2.75, 3.05) is 45.3 Å². The molecule has 0 bridgehead atoms. The van der Waals surface area contributed by atoms with Gasteiger partial charge < -0.3 is 14.4 Å². The van der Waals surface area contributed by atoms with E-state index in [0.29, 0.717) is 43.2 Å². The number of hydrogen-bond donors (Lipinski definition) is 0. The second-order valence-electron chi connectivity index (χ2n) is 6.51. The molecule has 3 rings (SSSR count). The first-order valence-electron chi connectivity index (χ1n) is 8.95. The lowest BCUT2D eigenvalue weighted by Gasteiger charge is -2.36. The second-order valence-corrected chi connectivity index (χ2v) is 8.45. The van der Waals surface area contributed by atoms with Crippen molar-refractivity contribution in [2.24, 2.45) is 0 Å². The van der Waals surface area contributed by atoms with Crippen LogP contribution in [-0.4, -0.2) is 58.9 Å². The van der Waals surface area contributed by atoms with Crippen LogP contribution >= 0.6 is 0 Å². The molecular weight excluding hydrogens is 380 g/mol. The molecule has 150 valence electrons. The molecule has 0 radical (unpaired) electrons. The molecule has 1 heterocycles. The van der Waals surface area contributed by atoms with E-state index in [-0.39, 0.29) is 10.7 Å². The van der Waals surface area contributed by atoms with Gasteiger partial charge in [-0.05, 0) is 31.2 Å². The predicted octanol–water partition coefficient (Wildman–Crippen LogP) is 2.42. The van der Waals surface area contributed by atoms with Crippen LogP contribution in [0.15, 0.2) is 47.4 Å². The van der Waals surface area contributed by atoms with Gasteiger partial charge in [0.05, 0.1) is 24.8 Å². The zero-order chi connectivity index (χ0) is 20.3. The van der Waals surface area contributed by atoms with Crippen molar-refractivity contribution >= 4 is 21.5 Å². The van der Waals surface area contributed by atoms with Crippen molar-refractivity contribution < 1.29 is 22.7 Å². The van der Waals surface area contributed by atoms with Crippen LogP contribution < -0.4 is 14.4 Å². The number of ether oxygens (including phenoxy) is 2. The zero-order valence-electron chi connectivity index (χ0n) is 16.2. The Hall–Kier alpha value is -2.58. The fourth-order valence-electron chi connectivity index (χ4n) is 3.23. The van der Waals surface area contributed by atoms with Crippen molar-refractivity contribution in [1.82, 2.24) is 4.31 Å². The van der Waals surface area contributed by atoms with Crippen LogP contribution in [0.1, 0.15) is 17.3 Å². The van der Waals surface area contributed by atoms with Crippen molar-refractivity contribution in [2.45, 2.75) is 11.8 Å². The standard InChI is InChI=1S/C20H24N2O5S/c1-15(23)16-4-7-18(8-5-16)28(24,25)22-12-10-21(11-13-22)19-9-6-17(26-2)14-20(19)27-3/h4-9,14H,10-13H2,1-3H3. The minimum atomic E-state index is -3.59. The lowest BCUT2D eigenvalue weighted by atomic mass is 10.2. The molecule has 28 heavy (non-hydrogen) atoms. The normalized spacial score (nSPS) is 15.3. The summed E-state index contributed by atoms with van der Waals surface area (Å²) in [5, 5.41) is 0. The van der Waals surface area contributed by atoms with Gasteiger partial charge in [0.2, 0.25) is 10.0 Å². The molecule has 0 aliphatic carbocycles. The molecule has 0 unspecified atom stereocenters. The Bertz CT molecular complexity index is 949. The van der Waals surface area contributed by atoms with Gasteiger partial charge in [0, 0.05) is 37.8 Å². The summed E-state index contributed by atoms with van der Waals surface area (Å²) in [4.78, 5) is 13.7. The number of Topliss-reactive ketones (excluding diaryl/α,β-unsaturated/α-hetero) is 1. The molecule has 1 fully saturated rings. The van der Waals surface area contributed by atoms with E-state index in [9.17, 15) is 13.2 Å². The number of rotatable bonds is 6. The summed E-state index contributed by atoms with van der Waals surface area (Å²) in [6, 6.07) is 11.7.